The molecular formula is C14H21FN2O. The number of methoxy groups -OCH3 is 1. The summed E-state index contributed by atoms with van der Waals surface area (Å²) in [4.78, 5) is 3.86. The van der Waals surface area contributed by atoms with E-state index >= 15 is 0 Å². The van der Waals surface area contributed by atoms with Crippen LogP contribution in [0, 0.1) is 11.7 Å². The zero-order valence-corrected chi connectivity index (χ0v) is 11.1. The van der Waals surface area contributed by atoms with Crippen LogP contribution in [0.2, 0.25) is 0 Å². The highest BCUT2D eigenvalue weighted by molar-refractivity contribution is 5.23. The third kappa shape index (κ3) is 3.19. The molecule has 0 saturated heterocycles. The maximum atomic E-state index is 13.9. The molecule has 4 heteroatoms. The fraction of sp³-hybridized carbons (Fsp3) is 0.643. The van der Waals surface area contributed by atoms with E-state index in [9.17, 15) is 4.39 Å². The quantitative estimate of drug-likeness (QED) is 0.809. The highest BCUT2D eigenvalue weighted by atomic mass is 19.1. The summed E-state index contributed by atoms with van der Waals surface area (Å²) in [5.74, 6) is 0.571. The fourth-order valence-electron chi connectivity index (χ4n) is 2.37. The van der Waals surface area contributed by atoms with E-state index in [1.165, 1.54) is 20.0 Å². The van der Waals surface area contributed by atoms with Crippen LogP contribution in [0.1, 0.15) is 31.7 Å². The Kier molecular flexibility index (Phi) is 4.53. The van der Waals surface area contributed by atoms with Crippen molar-refractivity contribution in [2.45, 2.75) is 38.6 Å². The molecule has 3 nitrogen and oxygen atoms in total. The molecule has 1 saturated carbocycles. The van der Waals surface area contributed by atoms with E-state index in [1.807, 2.05) is 0 Å². The first-order valence-electron chi connectivity index (χ1n) is 6.67. The van der Waals surface area contributed by atoms with Crippen LogP contribution in [0.4, 0.5) is 4.39 Å². The minimum atomic E-state index is -0.314. The summed E-state index contributed by atoms with van der Waals surface area (Å²) >= 11 is 0. The van der Waals surface area contributed by atoms with Crippen LogP contribution in [-0.4, -0.2) is 24.7 Å². The second kappa shape index (κ2) is 6.14. The Morgan fingerprint density at radius 1 is 1.56 bits per heavy atom. The van der Waals surface area contributed by atoms with E-state index < -0.39 is 0 Å². The van der Waals surface area contributed by atoms with E-state index in [-0.39, 0.29) is 11.7 Å². The molecule has 0 aliphatic heterocycles. The Hall–Kier alpha value is -1.16. The maximum absolute atomic E-state index is 13.9. The molecule has 1 unspecified atom stereocenters. The molecule has 1 aromatic rings. The molecule has 1 atom stereocenters. The lowest BCUT2D eigenvalue weighted by molar-refractivity contribution is 0.365. The first-order chi connectivity index (χ1) is 8.76. The van der Waals surface area contributed by atoms with Gasteiger partial charge < -0.3 is 10.1 Å². The van der Waals surface area contributed by atoms with Gasteiger partial charge in [-0.25, -0.2) is 9.37 Å². The summed E-state index contributed by atoms with van der Waals surface area (Å²) in [7, 11) is 1.45. The van der Waals surface area contributed by atoms with Crippen LogP contribution in [0.3, 0.4) is 0 Å². The third-order valence-electron chi connectivity index (χ3n) is 3.51. The van der Waals surface area contributed by atoms with Gasteiger partial charge in [0.05, 0.1) is 7.11 Å². The standard InChI is InChI=1S/C14H21FN2O/c1-3-16-12(10-4-5-10)7-6-11-8-9-17-14(18-2)13(11)15/h8-10,12,16H,3-7H2,1-2H3. The van der Waals surface area contributed by atoms with Crippen LogP contribution in [0.15, 0.2) is 12.3 Å². The number of aromatic nitrogens is 1. The Bertz CT molecular complexity index is 393. The van der Waals surface area contributed by atoms with E-state index in [4.69, 9.17) is 4.74 Å². The lowest BCUT2D eigenvalue weighted by atomic mass is 10.0. The van der Waals surface area contributed by atoms with Crippen LogP contribution < -0.4 is 10.1 Å². The molecule has 0 amide bonds. The normalized spacial score (nSPS) is 16.6. The predicted octanol–water partition coefficient (Wildman–Crippen LogP) is 2.55. The Morgan fingerprint density at radius 3 is 2.94 bits per heavy atom. The van der Waals surface area contributed by atoms with Gasteiger partial charge in [-0.15, -0.1) is 0 Å². The van der Waals surface area contributed by atoms with E-state index in [1.54, 1.807) is 12.3 Å². The number of halogens is 1. The topological polar surface area (TPSA) is 34.2 Å². The molecule has 1 heterocycles. The van der Waals surface area contributed by atoms with Gasteiger partial charge in [-0.05, 0) is 49.8 Å². The first kappa shape index (κ1) is 13.3. The Morgan fingerprint density at radius 2 is 2.33 bits per heavy atom. The smallest absolute Gasteiger partial charge is 0.250 e. The molecule has 1 aliphatic carbocycles. The fourth-order valence-corrected chi connectivity index (χ4v) is 2.37. The minimum Gasteiger partial charge on any atom is -0.479 e. The van der Waals surface area contributed by atoms with Gasteiger partial charge in [0.2, 0.25) is 5.88 Å². The molecule has 0 aromatic carbocycles. The van der Waals surface area contributed by atoms with Crippen molar-refractivity contribution in [3.63, 3.8) is 0 Å². The van der Waals surface area contributed by atoms with Crippen molar-refractivity contribution in [3.8, 4) is 5.88 Å². The summed E-state index contributed by atoms with van der Waals surface area (Å²) in [5.41, 5.74) is 0.699. The minimum absolute atomic E-state index is 0.0962. The van der Waals surface area contributed by atoms with Gasteiger partial charge in [-0.1, -0.05) is 6.92 Å². The predicted molar refractivity (Wildman–Crippen MR) is 69.3 cm³/mol. The number of hydrogen-bond acceptors (Lipinski definition) is 3. The lowest BCUT2D eigenvalue weighted by Gasteiger charge is -2.17. The van der Waals surface area contributed by atoms with Gasteiger partial charge in [0.1, 0.15) is 0 Å². The second-order valence-corrected chi connectivity index (χ2v) is 4.83. The second-order valence-electron chi connectivity index (χ2n) is 4.83. The number of ether oxygens (including phenoxy) is 1. The van der Waals surface area contributed by atoms with E-state index in [2.05, 4.69) is 17.2 Å². The van der Waals surface area contributed by atoms with Gasteiger partial charge >= 0.3 is 0 Å². The van der Waals surface area contributed by atoms with E-state index in [0.717, 1.165) is 25.3 Å². The van der Waals surface area contributed by atoms with Crippen molar-refractivity contribution >= 4 is 0 Å². The Balaban J connectivity index is 1.96. The molecule has 0 spiro atoms. The number of nitrogens with zero attached hydrogens (tertiary/aromatic N) is 1. The highest BCUT2D eigenvalue weighted by Gasteiger charge is 2.30. The van der Waals surface area contributed by atoms with Crippen LogP contribution in [0.25, 0.3) is 0 Å². The number of hydrogen-bond donors (Lipinski definition) is 1. The summed E-state index contributed by atoms with van der Waals surface area (Å²) in [6.07, 6.45) is 5.93. The average Bonchev–Trinajstić information content (AvgIpc) is 3.20. The van der Waals surface area contributed by atoms with Crippen LogP contribution in [-0.2, 0) is 6.42 Å². The monoisotopic (exact) mass is 252 g/mol. The van der Waals surface area contributed by atoms with E-state index in [0.29, 0.717) is 11.6 Å². The average molecular weight is 252 g/mol. The third-order valence-corrected chi connectivity index (χ3v) is 3.51. The molecule has 100 valence electrons. The first-order valence-corrected chi connectivity index (χ1v) is 6.67. The number of nitrogens with one attached hydrogen (secondary N) is 1. The van der Waals surface area contributed by atoms with Gasteiger partial charge in [0.25, 0.3) is 0 Å². The van der Waals surface area contributed by atoms with Crippen LogP contribution in [0.5, 0.6) is 5.88 Å². The van der Waals surface area contributed by atoms with Crippen molar-refractivity contribution in [2.75, 3.05) is 13.7 Å². The summed E-state index contributed by atoms with van der Waals surface area (Å²) in [5, 5.41) is 3.49. The molecule has 0 bridgehead atoms. The molecule has 1 fully saturated rings. The molecule has 1 aliphatic rings. The molecule has 0 radical (unpaired) electrons. The molecule has 1 N–H and O–H groups in total. The summed E-state index contributed by atoms with van der Waals surface area (Å²) in [6, 6.07) is 2.27. The van der Waals surface area contributed by atoms with Crippen molar-refractivity contribution < 1.29 is 9.13 Å². The highest BCUT2D eigenvalue weighted by Crippen LogP contribution is 2.34. The SMILES string of the molecule is CCNC(CCc1ccnc(OC)c1F)C1CC1. The van der Waals surface area contributed by atoms with Gasteiger partial charge in [0.15, 0.2) is 5.82 Å². The molecule has 18 heavy (non-hydrogen) atoms. The van der Waals surface area contributed by atoms with Crippen molar-refractivity contribution in [2.24, 2.45) is 5.92 Å². The lowest BCUT2D eigenvalue weighted by Crippen LogP contribution is -2.31. The zero-order chi connectivity index (χ0) is 13.0. The molecular weight excluding hydrogens is 231 g/mol. The van der Waals surface area contributed by atoms with Gasteiger partial charge in [0, 0.05) is 12.2 Å². The summed E-state index contributed by atoms with van der Waals surface area (Å²) < 4.78 is 18.8. The molecule has 1 aromatic heterocycles. The van der Waals surface area contributed by atoms with Gasteiger partial charge in [-0.3, -0.25) is 0 Å². The largest absolute Gasteiger partial charge is 0.479 e. The van der Waals surface area contributed by atoms with Crippen molar-refractivity contribution in [3.05, 3.63) is 23.6 Å². The zero-order valence-electron chi connectivity index (χ0n) is 11.1. The number of aryl methyl sites for hydroxylation is 1. The summed E-state index contributed by atoms with van der Waals surface area (Å²) in [6.45, 7) is 3.09. The van der Waals surface area contributed by atoms with Crippen molar-refractivity contribution in [1.82, 2.24) is 10.3 Å². The Labute approximate surface area is 108 Å². The van der Waals surface area contributed by atoms with Gasteiger partial charge in [-0.2, -0.15) is 0 Å². The maximum Gasteiger partial charge on any atom is 0.250 e. The number of rotatable bonds is 7. The molecule has 2 rings (SSSR count). The van der Waals surface area contributed by atoms with Crippen LogP contribution >= 0.6 is 0 Å². The van der Waals surface area contributed by atoms with Crippen molar-refractivity contribution in [1.29, 1.82) is 0 Å². The number of pyridine rings is 1.